The van der Waals surface area contributed by atoms with Gasteiger partial charge in [0.05, 0.1) is 44.5 Å². The number of ether oxygens (including phenoxy) is 1. The van der Waals surface area contributed by atoms with Crippen LogP contribution in [0.3, 0.4) is 0 Å². The van der Waals surface area contributed by atoms with E-state index in [4.69, 9.17) is 78.6 Å². The molecule has 0 fully saturated rings. The summed E-state index contributed by atoms with van der Waals surface area (Å²) in [6.45, 7) is 2.79. The molecule has 15 aromatic carbocycles. The highest BCUT2D eigenvalue weighted by Crippen LogP contribution is 2.58. The minimum atomic E-state index is -4.45. The number of rotatable bonds is 12. The number of fused-ring (bicyclic) bond motifs is 6. The predicted octanol–water partition coefficient (Wildman–Crippen LogP) is 20.1. The largest absolute Gasteiger partial charge is 0.478 e. The van der Waals surface area contributed by atoms with E-state index in [1.807, 2.05) is 110 Å². The topological polar surface area (TPSA) is 433 Å². The Balaban J connectivity index is 0.000000139. The molecule has 15 aromatic rings. The second-order valence-corrected chi connectivity index (χ2v) is 29.3. The van der Waals surface area contributed by atoms with E-state index >= 15 is 0 Å². The zero-order valence-corrected chi connectivity index (χ0v) is 66.8. The van der Waals surface area contributed by atoms with E-state index in [0.717, 1.165) is 56.4 Å². The molecule has 626 valence electrons. The monoisotopic (exact) mass is 1670 g/mol. The van der Waals surface area contributed by atoms with Gasteiger partial charge in [-0.15, -0.1) is 0 Å². The van der Waals surface area contributed by atoms with Gasteiger partial charge in [0, 0.05) is 68.5 Å². The van der Waals surface area contributed by atoms with Crippen LogP contribution < -0.4 is 73.5 Å². The van der Waals surface area contributed by atoms with E-state index < -0.39 is 53.6 Å². The van der Waals surface area contributed by atoms with Gasteiger partial charge in [-0.25, -0.2) is 27.6 Å². The molecule has 0 radical (unpaired) electrons. The van der Waals surface area contributed by atoms with E-state index in [2.05, 4.69) is 72.8 Å². The summed E-state index contributed by atoms with van der Waals surface area (Å²) < 4.78 is 85.7. The molecule has 0 spiro atoms. The maximum absolute atomic E-state index is 14.6. The second-order valence-electron chi connectivity index (χ2n) is 29.3. The Hall–Kier alpha value is -16.3. The van der Waals surface area contributed by atoms with Crippen molar-refractivity contribution in [1.29, 1.82) is 0 Å². The summed E-state index contributed by atoms with van der Waals surface area (Å²) >= 11 is 0. The summed E-state index contributed by atoms with van der Waals surface area (Å²) in [6.07, 6.45) is -4.45. The average Bonchev–Trinajstić information content (AvgIpc) is 1.54. The summed E-state index contributed by atoms with van der Waals surface area (Å²) in [6, 6.07) is 91.6. The summed E-state index contributed by atoms with van der Waals surface area (Å²) in [5, 5.41) is 26.9. The molecule has 0 unspecified atom stereocenters. The van der Waals surface area contributed by atoms with Gasteiger partial charge in [0.25, 0.3) is 0 Å². The van der Waals surface area contributed by atoms with E-state index in [1.165, 1.54) is 112 Å². The summed E-state index contributed by atoms with van der Waals surface area (Å²) in [5.41, 5.74) is 88.2. The minimum absolute atomic E-state index is 0.0581. The molecule has 124 heavy (non-hydrogen) atoms. The first-order valence-corrected chi connectivity index (χ1v) is 38.3. The van der Waals surface area contributed by atoms with Crippen molar-refractivity contribution in [3.05, 3.63) is 399 Å². The fraction of sp³-hybridized carbons (Fsp3) is 0.0606. The van der Waals surface area contributed by atoms with Crippen molar-refractivity contribution in [3.8, 4) is 61.4 Å². The van der Waals surface area contributed by atoms with Crippen LogP contribution in [0.2, 0.25) is 0 Å². The molecule has 27 N–H and O–H groups in total. The number of carboxylic acid groups (broad SMARTS) is 3. The Bertz CT molecular complexity index is 6280. The molecule has 2 aliphatic carbocycles. The third-order valence-corrected chi connectivity index (χ3v) is 21.2. The Kier molecular flexibility index (Phi) is 25.6. The number of benzene rings is 15. The molecule has 2 aliphatic rings. The van der Waals surface area contributed by atoms with Crippen LogP contribution in [0.15, 0.2) is 309 Å². The third kappa shape index (κ3) is 18.1. The lowest BCUT2D eigenvalue weighted by Crippen LogP contribution is -2.29. The van der Waals surface area contributed by atoms with Gasteiger partial charge >= 0.3 is 24.1 Å². The number of hydrogen-bond donors (Lipinski definition) is 15. The number of carboxylic acids is 3. The van der Waals surface area contributed by atoms with Crippen LogP contribution in [-0.4, -0.2) is 40.1 Å². The summed E-state index contributed by atoms with van der Waals surface area (Å²) in [5.74, 6) is -3.95. The zero-order chi connectivity index (χ0) is 89.2. The molecular formula is C99H86F6N12O7. The molecule has 0 heterocycles. The second kappa shape index (κ2) is 36.5. The Morgan fingerprint density at radius 3 is 0.960 bits per heavy atom. The highest BCUT2D eigenvalue weighted by atomic mass is 19.4. The molecule has 0 aromatic heterocycles. The van der Waals surface area contributed by atoms with Crippen molar-refractivity contribution in [2.75, 3.05) is 75.7 Å². The number of hydrogen-bond acceptors (Lipinski definition) is 16. The van der Waals surface area contributed by atoms with Gasteiger partial charge in [-0.05, 0) is 259 Å². The van der Waals surface area contributed by atoms with Crippen LogP contribution in [0.5, 0.6) is 5.75 Å². The smallest absolute Gasteiger partial charge is 0.417 e. The van der Waals surface area contributed by atoms with Crippen LogP contribution in [0, 0.1) is 25.5 Å². The van der Waals surface area contributed by atoms with Crippen LogP contribution in [0.4, 0.5) is 94.6 Å². The average molecular weight is 1670 g/mol. The van der Waals surface area contributed by atoms with Crippen molar-refractivity contribution in [3.63, 3.8) is 0 Å². The van der Waals surface area contributed by atoms with Gasteiger partial charge < -0.3 is 88.9 Å². The van der Waals surface area contributed by atoms with Gasteiger partial charge in [0.2, 0.25) is 6.86 Å². The van der Waals surface area contributed by atoms with Crippen molar-refractivity contribution in [2.24, 2.45) is 0 Å². The van der Waals surface area contributed by atoms with Crippen molar-refractivity contribution in [1.82, 2.24) is 0 Å². The molecule has 0 atom stereocenters. The van der Waals surface area contributed by atoms with Crippen molar-refractivity contribution < 1.29 is 60.8 Å². The third-order valence-electron chi connectivity index (χ3n) is 21.2. The standard InChI is InChI=1S/C25H18F2N2.C25H20N2.C14H13F3N2.C14H15FN2O.C14H12N2O4.C7H8N2O2/c26-21-13-15(9-11-23(21)28)25(16-10-12-24(29)22(27)14-16)19-7-3-1-5-17(19)18-6-2-4-8-20(18)25;26-19-13-9-17(10-14-19)25(18-11-15-20(27)16-12-18)23-7-3-1-5-21(23)22-6-2-4-8-24(22)25;1-8-6-9(18)2-4-11(8)12-5-3-10(19)7-13(12)14(15,16)17;1-9-6-10(16)2-4-12(9)13-5-3-11(17)7-14(13)18-8-15;15-7-1-3-9(11(5-7)13(17)18)10-4-2-8(16)6-12(10)14(19)20;8-5-1-4(7(10)11)2-6(9)3-5/h1-14H,28-29H2;1-16H,26-27H2;2-7H,18-19H2,1H3;2-7H,8,16-17H2,1H3;1-6H,15-16H2,(H,17,18)(H,19,20);1-3H,8-9H2,(H,10,11). The first kappa shape index (κ1) is 87.0. The van der Waals surface area contributed by atoms with Crippen molar-refractivity contribution >= 4 is 86.2 Å². The van der Waals surface area contributed by atoms with Crippen LogP contribution in [0.25, 0.3) is 55.6 Å². The number of aromatic carboxylic acids is 3. The molecule has 0 bridgehead atoms. The van der Waals surface area contributed by atoms with Gasteiger partial charge in [0.15, 0.2) is 0 Å². The highest BCUT2D eigenvalue weighted by Gasteiger charge is 2.48. The number of carbonyl (C=O) groups is 3. The molecular weight excluding hydrogens is 1580 g/mol. The van der Waals surface area contributed by atoms with E-state index in [-0.39, 0.29) is 55.9 Å². The number of anilines is 12. The van der Waals surface area contributed by atoms with Gasteiger partial charge in [-0.2, -0.15) is 13.2 Å². The normalized spacial score (nSPS) is 12.0. The number of aryl methyl sites for hydroxylation is 2. The Morgan fingerprint density at radius 2 is 0.613 bits per heavy atom. The summed E-state index contributed by atoms with van der Waals surface area (Å²) in [7, 11) is 0. The first-order valence-electron chi connectivity index (χ1n) is 38.3. The molecule has 0 saturated heterocycles. The van der Waals surface area contributed by atoms with E-state index in [0.29, 0.717) is 67.8 Å². The maximum Gasteiger partial charge on any atom is 0.417 e. The molecule has 17 rings (SSSR count). The number of alkyl halides is 4. The van der Waals surface area contributed by atoms with Crippen LogP contribution in [-0.2, 0) is 17.0 Å². The van der Waals surface area contributed by atoms with Gasteiger partial charge in [-0.3, -0.25) is 0 Å². The minimum Gasteiger partial charge on any atom is -0.478 e. The molecule has 0 aliphatic heterocycles. The molecule has 0 amide bonds. The first-order chi connectivity index (χ1) is 59.1. The Morgan fingerprint density at radius 1 is 0.306 bits per heavy atom. The molecule has 0 saturated carbocycles. The zero-order valence-electron chi connectivity index (χ0n) is 66.8. The van der Waals surface area contributed by atoms with E-state index in [1.54, 1.807) is 55.5 Å². The van der Waals surface area contributed by atoms with Gasteiger partial charge in [-0.1, -0.05) is 164 Å². The maximum atomic E-state index is 14.6. The lowest BCUT2D eigenvalue weighted by Gasteiger charge is -2.34. The lowest BCUT2D eigenvalue weighted by atomic mass is 9.67. The fourth-order valence-electron chi connectivity index (χ4n) is 15.7. The van der Waals surface area contributed by atoms with Crippen LogP contribution in [0.1, 0.15) is 92.3 Å². The molecule has 25 heteroatoms. The Labute approximate surface area is 710 Å². The number of nitrogen functional groups attached to an aromatic ring is 12. The SMILES string of the molecule is Cc1cc(N)ccc1-c1ccc(N)cc1C(F)(F)F.Cc1cc(N)ccc1-c1ccc(N)cc1OCF.Nc1cc(N)cc(C(=O)O)c1.Nc1ccc(-c2ccc(N)cc2C(=O)O)c(C(=O)O)c1.Nc1ccc(C2(c3ccc(N)c(F)c3)c3ccccc3-c3ccccc32)cc1F.Nc1ccc(C2(c3ccc(N)cc3)c3ccccc3-c3ccccc32)cc1. The fourth-order valence-corrected chi connectivity index (χ4v) is 15.7. The number of halogens is 6. The predicted molar refractivity (Wildman–Crippen MR) is 484 cm³/mol. The van der Waals surface area contributed by atoms with E-state index in [9.17, 15) is 50.9 Å². The molecule has 19 nitrogen and oxygen atoms in total. The quantitative estimate of drug-likeness (QED) is 0.0399. The number of nitrogens with two attached hydrogens (primary N) is 12. The van der Waals surface area contributed by atoms with Gasteiger partial charge in [0.1, 0.15) is 17.4 Å². The summed E-state index contributed by atoms with van der Waals surface area (Å²) in [4.78, 5) is 32.9. The lowest BCUT2D eigenvalue weighted by molar-refractivity contribution is -0.137. The van der Waals surface area contributed by atoms with Crippen LogP contribution >= 0.6 is 0 Å². The highest BCUT2D eigenvalue weighted by molar-refractivity contribution is 6.03. The van der Waals surface area contributed by atoms with Crippen molar-refractivity contribution in [2.45, 2.75) is 30.9 Å².